The van der Waals surface area contributed by atoms with E-state index in [0.717, 1.165) is 0 Å². The second-order valence-electron chi connectivity index (χ2n) is 4.38. The third kappa shape index (κ3) is 3.48. The number of amidine groups is 1. The summed E-state index contributed by atoms with van der Waals surface area (Å²) in [6, 6.07) is 7.18. The largest absolute Gasteiger partial charge is 0.481 e. The number of hydrogen-bond acceptors (Lipinski definition) is 6. The average Bonchev–Trinajstić information content (AvgIpc) is 2.81. The van der Waals surface area contributed by atoms with Gasteiger partial charge in [-0.2, -0.15) is 0 Å². The summed E-state index contributed by atoms with van der Waals surface area (Å²) in [6.45, 7) is -0.181. The maximum atomic E-state index is 12.1. The summed E-state index contributed by atoms with van der Waals surface area (Å²) in [5.74, 6) is -0.0689. The molecular weight excluding hydrogens is 304 g/mol. The molecule has 0 aromatic heterocycles. The van der Waals surface area contributed by atoms with Gasteiger partial charge in [-0.25, -0.2) is 4.79 Å². The average molecular weight is 320 g/mol. The van der Waals surface area contributed by atoms with Crippen LogP contribution in [0.2, 0.25) is 0 Å². The van der Waals surface area contributed by atoms with Crippen molar-refractivity contribution in [1.82, 2.24) is 4.90 Å². The maximum absolute atomic E-state index is 12.1. The molecule has 0 aliphatic carbocycles. The number of likely N-dealkylation sites (N-methyl/N-ethyl adjacent to an activating group) is 1. The van der Waals surface area contributed by atoms with Crippen molar-refractivity contribution in [3.8, 4) is 5.75 Å². The van der Waals surface area contributed by atoms with Crippen LogP contribution in [0.3, 0.4) is 0 Å². The minimum Gasteiger partial charge on any atom is -0.481 e. The van der Waals surface area contributed by atoms with Gasteiger partial charge in [0.25, 0.3) is 5.91 Å². The quantitative estimate of drug-likeness (QED) is 0.625. The van der Waals surface area contributed by atoms with E-state index in [9.17, 15) is 9.59 Å². The zero-order valence-electron chi connectivity index (χ0n) is 12.5. The van der Waals surface area contributed by atoms with Crippen molar-refractivity contribution in [3.05, 3.63) is 34.7 Å². The first kappa shape index (κ1) is 16.1. The molecule has 7 heteroatoms. The molecule has 1 saturated heterocycles. The Hall–Kier alpha value is -2.28. The summed E-state index contributed by atoms with van der Waals surface area (Å²) in [6.07, 6.45) is 1.73. The summed E-state index contributed by atoms with van der Waals surface area (Å²) < 4.78 is 9.98. The van der Waals surface area contributed by atoms with Crippen LogP contribution in [0.5, 0.6) is 5.75 Å². The standard InChI is InChI=1S/C15H16N2O4S/c1-16-15-17(2)14(19)12(22-15)8-10-6-4-5-7-11(10)21-9-13(18)20-3/h4-8H,9H2,1-3H3/b12-8+,16-15?. The number of esters is 1. The van der Waals surface area contributed by atoms with Gasteiger partial charge in [-0.3, -0.25) is 14.7 Å². The van der Waals surface area contributed by atoms with Gasteiger partial charge in [0.05, 0.1) is 12.0 Å². The van der Waals surface area contributed by atoms with Crippen LogP contribution in [0.1, 0.15) is 5.56 Å². The maximum Gasteiger partial charge on any atom is 0.343 e. The van der Waals surface area contributed by atoms with Gasteiger partial charge in [0.1, 0.15) is 5.75 Å². The Kier molecular flexibility index (Phi) is 5.21. The lowest BCUT2D eigenvalue weighted by atomic mass is 10.2. The fourth-order valence-electron chi connectivity index (χ4n) is 1.82. The smallest absolute Gasteiger partial charge is 0.343 e. The molecule has 1 heterocycles. The first-order chi connectivity index (χ1) is 10.6. The van der Waals surface area contributed by atoms with Gasteiger partial charge >= 0.3 is 5.97 Å². The summed E-state index contributed by atoms with van der Waals surface area (Å²) >= 11 is 1.30. The van der Waals surface area contributed by atoms with Crippen molar-refractivity contribution >= 4 is 34.9 Å². The molecule has 22 heavy (non-hydrogen) atoms. The Morgan fingerprint density at radius 3 is 2.77 bits per heavy atom. The Balaban J connectivity index is 2.25. The molecule has 6 nitrogen and oxygen atoms in total. The number of rotatable bonds is 4. The van der Waals surface area contributed by atoms with Crippen LogP contribution >= 0.6 is 11.8 Å². The van der Waals surface area contributed by atoms with Gasteiger partial charge in [0, 0.05) is 19.7 Å². The van der Waals surface area contributed by atoms with Gasteiger partial charge in [-0.1, -0.05) is 18.2 Å². The van der Waals surface area contributed by atoms with Crippen LogP contribution in [0, 0.1) is 0 Å². The fraction of sp³-hybridized carbons (Fsp3) is 0.267. The van der Waals surface area contributed by atoms with Crippen molar-refractivity contribution in [2.24, 2.45) is 4.99 Å². The first-order valence-electron chi connectivity index (χ1n) is 6.50. The Bertz CT molecular complexity index is 655. The molecular formula is C15H16N2O4S. The minimum atomic E-state index is -0.464. The number of aliphatic imine (C=N–C) groups is 1. The summed E-state index contributed by atoms with van der Waals surface area (Å²) in [5, 5.41) is 0.643. The predicted octanol–water partition coefficient (Wildman–Crippen LogP) is 1.77. The molecule has 0 saturated carbocycles. The highest BCUT2D eigenvalue weighted by atomic mass is 32.2. The second-order valence-corrected chi connectivity index (χ2v) is 5.39. The lowest BCUT2D eigenvalue weighted by molar-refractivity contribution is -0.142. The second kappa shape index (κ2) is 7.13. The first-order valence-corrected chi connectivity index (χ1v) is 7.31. The van der Waals surface area contributed by atoms with Crippen LogP contribution in [0.15, 0.2) is 34.2 Å². The number of benzene rings is 1. The number of carbonyl (C=O) groups excluding carboxylic acids is 2. The van der Waals surface area contributed by atoms with Crippen LogP contribution < -0.4 is 4.74 Å². The molecule has 0 spiro atoms. The van der Waals surface area contributed by atoms with E-state index in [-0.39, 0.29) is 12.5 Å². The lowest BCUT2D eigenvalue weighted by Crippen LogP contribution is -2.23. The third-order valence-electron chi connectivity index (χ3n) is 2.97. The van der Waals surface area contributed by atoms with Crippen molar-refractivity contribution in [3.63, 3.8) is 0 Å². The topological polar surface area (TPSA) is 68.2 Å². The number of para-hydroxylation sites is 1. The molecule has 0 radical (unpaired) electrons. The number of amides is 1. The number of nitrogens with zero attached hydrogens (tertiary/aromatic N) is 2. The van der Waals surface area contributed by atoms with Gasteiger partial charge in [-0.05, 0) is 23.9 Å². The van der Waals surface area contributed by atoms with Crippen molar-refractivity contribution in [2.45, 2.75) is 0 Å². The highest BCUT2D eigenvalue weighted by Crippen LogP contribution is 2.33. The molecule has 0 atom stereocenters. The van der Waals surface area contributed by atoms with Gasteiger partial charge < -0.3 is 9.47 Å². The Labute approximate surface area is 132 Å². The van der Waals surface area contributed by atoms with Crippen LogP contribution in [0.4, 0.5) is 0 Å². The number of carbonyl (C=O) groups is 2. The number of hydrogen-bond donors (Lipinski definition) is 0. The van der Waals surface area contributed by atoms with Crippen LogP contribution in [0.25, 0.3) is 6.08 Å². The van der Waals surface area contributed by atoms with E-state index in [1.54, 1.807) is 32.3 Å². The zero-order chi connectivity index (χ0) is 16.1. The van der Waals surface area contributed by atoms with E-state index in [1.165, 1.54) is 23.8 Å². The van der Waals surface area contributed by atoms with E-state index in [2.05, 4.69) is 9.73 Å². The summed E-state index contributed by atoms with van der Waals surface area (Å²) in [5.41, 5.74) is 0.716. The molecule has 1 amide bonds. The van der Waals surface area contributed by atoms with Crippen LogP contribution in [-0.2, 0) is 14.3 Å². The molecule has 0 N–H and O–H groups in total. The third-order valence-corrected chi connectivity index (χ3v) is 4.13. The SMILES string of the molecule is CN=C1S/C(=C/c2ccccc2OCC(=O)OC)C(=O)N1C. The molecule has 0 unspecified atom stereocenters. The highest BCUT2D eigenvalue weighted by molar-refractivity contribution is 8.18. The predicted molar refractivity (Wildman–Crippen MR) is 85.7 cm³/mol. The normalized spacial score (nSPS) is 18.1. The number of methoxy groups -OCH3 is 1. The van der Waals surface area contributed by atoms with E-state index in [4.69, 9.17) is 4.74 Å². The fourth-order valence-corrected chi connectivity index (χ4v) is 2.74. The molecule has 0 bridgehead atoms. The molecule has 1 aliphatic heterocycles. The molecule has 1 fully saturated rings. The Morgan fingerprint density at radius 1 is 1.41 bits per heavy atom. The van der Waals surface area contributed by atoms with Gasteiger partial charge in [-0.15, -0.1) is 0 Å². The van der Waals surface area contributed by atoms with Crippen molar-refractivity contribution in [2.75, 3.05) is 27.8 Å². The molecule has 1 aromatic carbocycles. The van der Waals surface area contributed by atoms with E-state index in [1.807, 2.05) is 12.1 Å². The minimum absolute atomic E-state index is 0.117. The van der Waals surface area contributed by atoms with E-state index >= 15 is 0 Å². The van der Waals surface area contributed by atoms with Gasteiger partial charge in [0.2, 0.25) is 0 Å². The van der Waals surface area contributed by atoms with Crippen molar-refractivity contribution in [1.29, 1.82) is 0 Å². The van der Waals surface area contributed by atoms with Crippen molar-refractivity contribution < 1.29 is 19.1 Å². The van der Waals surface area contributed by atoms with E-state index in [0.29, 0.717) is 21.4 Å². The molecule has 116 valence electrons. The number of ether oxygens (including phenoxy) is 2. The van der Waals surface area contributed by atoms with Gasteiger partial charge in [0.15, 0.2) is 11.8 Å². The summed E-state index contributed by atoms with van der Waals surface area (Å²) in [4.78, 5) is 29.4. The molecule has 2 rings (SSSR count). The molecule has 1 aromatic rings. The zero-order valence-corrected chi connectivity index (χ0v) is 13.3. The van der Waals surface area contributed by atoms with Crippen LogP contribution in [-0.4, -0.2) is 49.8 Å². The Morgan fingerprint density at radius 2 is 2.14 bits per heavy atom. The van der Waals surface area contributed by atoms with E-state index < -0.39 is 5.97 Å². The molecule has 1 aliphatic rings. The summed E-state index contributed by atoms with van der Waals surface area (Å²) in [7, 11) is 4.62. The highest BCUT2D eigenvalue weighted by Gasteiger charge is 2.29. The lowest BCUT2D eigenvalue weighted by Gasteiger charge is -2.08. The number of thioether (sulfide) groups is 1. The monoisotopic (exact) mass is 320 g/mol.